The second-order valence-corrected chi connectivity index (χ2v) is 9.02. The van der Waals surface area contributed by atoms with Gasteiger partial charge in [-0.15, -0.1) is 0 Å². The number of aromatic nitrogens is 3. The third-order valence-electron chi connectivity index (χ3n) is 6.21. The van der Waals surface area contributed by atoms with Crippen LogP contribution in [0.1, 0.15) is 38.3 Å². The maximum Gasteiger partial charge on any atom is 0.145 e. The SMILES string of the molecule is C[C@@H]1CC[C@H](C(=O)Cc2cc(-c3cncc(NCC4CCOCC4)n3)c(Cl)cn2)CN1. The molecule has 0 radical (unpaired) electrons. The summed E-state index contributed by atoms with van der Waals surface area (Å²) in [5.41, 5.74) is 2.13. The van der Waals surface area contributed by atoms with Crippen LogP contribution in [0.4, 0.5) is 5.82 Å². The predicted molar refractivity (Wildman–Crippen MR) is 121 cm³/mol. The first kappa shape index (κ1) is 22.1. The monoisotopic (exact) mass is 443 g/mol. The quantitative estimate of drug-likeness (QED) is 0.676. The molecule has 166 valence electrons. The van der Waals surface area contributed by atoms with Crippen molar-refractivity contribution in [2.24, 2.45) is 11.8 Å². The summed E-state index contributed by atoms with van der Waals surface area (Å²) in [6, 6.07) is 2.35. The van der Waals surface area contributed by atoms with Crippen molar-refractivity contribution in [3.05, 3.63) is 35.4 Å². The van der Waals surface area contributed by atoms with Gasteiger partial charge in [-0.1, -0.05) is 11.6 Å². The molecule has 0 aromatic carbocycles. The Hall–Kier alpha value is -2.09. The molecule has 2 aromatic rings. The first-order chi connectivity index (χ1) is 15.1. The fourth-order valence-corrected chi connectivity index (χ4v) is 4.35. The molecule has 2 N–H and O–H groups in total. The lowest BCUT2D eigenvalue weighted by Gasteiger charge is -2.26. The Balaban J connectivity index is 1.43. The molecule has 31 heavy (non-hydrogen) atoms. The Bertz CT molecular complexity index is 895. The van der Waals surface area contributed by atoms with E-state index in [0.29, 0.717) is 34.8 Å². The van der Waals surface area contributed by atoms with Gasteiger partial charge in [-0.3, -0.25) is 14.8 Å². The van der Waals surface area contributed by atoms with Crippen LogP contribution >= 0.6 is 11.6 Å². The molecule has 0 saturated carbocycles. The van der Waals surface area contributed by atoms with E-state index in [0.717, 1.165) is 63.4 Å². The van der Waals surface area contributed by atoms with Crippen LogP contribution in [0.3, 0.4) is 0 Å². The molecule has 0 aliphatic carbocycles. The van der Waals surface area contributed by atoms with E-state index < -0.39 is 0 Å². The van der Waals surface area contributed by atoms with Crippen molar-refractivity contribution >= 4 is 23.2 Å². The second kappa shape index (κ2) is 10.5. The van der Waals surface area contributed by atoms with Gasteiger partial charge in [0.25, 0.3) is 0 Å². The molecular weight excluding hydrogens is 414 g/mol. The summed E-state index contributed by atoms with van der Waals surface area (Å²) in [5.74, 6) is 1.57. The minimum atomic E-state index is 0.0506. The molecule has 2 aromatic heterocycles. The predicted octanol–water partition coefficient (Wildman–Crippen LogP) is 3.53. The number of pyridine rings is 1. The average Bonchev–Trinajstić information content (AvgIpc) is 2.80. The number of hydrogen-bond acceptors (Lipinski definition) is 7. The van der Waals surface area contributed by atoms with Crippen molar-refractivity contribution in [2.45, 2.75) is 45.1 Å². The first-order valence-electron chi connectivity index (χ1n) is 11.1. The normalized spacial score (nSPS) is 22.3. The summed E-state index contributed by atoms with van der Waals surface area (Å²) in [5, 5.41) is 7.28. The first-order valence-corrected chi connectivity index (χ1v) is 11.5. The molecule has 2 atom stereocenters. The van der Waals surface area contributed by atoms with Crippen molar-refractivity contribution in [2.75, 3.05) is 31.6 Å². The maximum atomic E-state index is 12.7. The van der Waals surface area contributed by atoms with Crippen LogP contribution in [0.5, 0.6) is 0 Å². The highest BCUT2D eigenvalue weighted by atomic mass is 35.5. The number of nitrogens with zero attached hydrogens (tertiary/aromatic N) is 3. The molecule has 4 rings (SSSR count). The summed E-state index contributed by atoms with van der Waals surface area (Å²) in [6.45, 7) is 5.39. The summed E-state index contributed by atoms with van der Waals surface area (Å²) < 4.78 is 5.42. The molecule has 8 heteroatoms. The van der Waals surface area contributed by atoms with Crippen molar-refractivity contribution in [1.29, 1.82) is 0 Å². The Morgan fingerprint density at radius 1 is 1.23 bits per heavy atom. The lowest BCUT2D eigenvalue weighted by Crippen LogP contribution is -2.40. The van der Waals surface area contributed by atoms with Crippen LogP contribution in [0.2, 0.25) is 5.02 Å². The van der Waals surface area contributed by atoms with E-state index >= 15 is 0 Å². The van der Waals surface area contributed by atoms with Gasteiger partial charge in [0.2, 0.25) is 0 Å². The van der Waals surface area contributed by atoms with E-state index in [1.165, 1.54) is 0 Å². The molecule has 0 unspecified atom stereocenters. The number of hydrogen-bond donors (Lipinski definition) is 2. The molecule has 0 amide bonds. The van der Waals surface area contributed by atoms with Gasteiger partial charge >= 0.3 is 0 Å². The minimum absolute atomic E-state index is 0.0506. The molecule has 2 fully saturated rings. The van der Waals surface area contributed by atoms with E-state index in [9.17, 15) is 4.79 Å². The summed E-state index contributed by atoms with van der Waals surface area (Å²) in [4.78, 5) is 26.1. The number of halogens is 1. The number of carbonyl (C=O) groups is 1. The molecule has 4 heterocycles. The van der Waals surface area contributed by atoms with Crippen molar-refractivity contribution in [1.82, 2.24) is 20.3 Å². The number of nitrogens with one attached hydrogen (secondary N) is 2. The van der Waals surface area contributed by atoms with E-state index in [4.69, 9.17) is 21.3 Å². The average molecular weight is 444 g/mol. The molecule has 7 nitrogen and oxygen atoms in total. The third-order valence-corrected chi connectivity index (χ3v) is 6.51. The number of carbonyl (C=O) groups excluding carboxylic acids is 1. The van der Waals surface area contributed by atoms with Crippen LogP contribution in [0.15, 0.2) is 24.7 Å². The zero-order chi connectivity index (χ0) is 21.6. The van der Waals surface area contributed by atoms with Crippen LogP contribution in [-0.4, -0.2) is 53.1 Å². The van der Waals surface area contributed by atoms with E-state index in [1.807, 2.05) is 6.07 Å². The number of anilines is 1. The highest BCUT2D eigenvalue weighted by Crippen LogP contribution is 2.28. The maximum absolute atomic E-state index is 12.7. The van der Waals surface area contributed by atoms with Gasteiger partial charge in [0.15, 0.2) is 0 Å². The van der Waals surface area contributed by atoms with Crippen molar-refractivity contribution in [3.63, 3.8) is 0 Å². The number of rotatable bonds is 7. The second-order valence-electron chi connectivity index (χ2n) is 8.61. The third kappa shape index (κ3) is 5.99. The smallest absolute Gasteiger partial charge is 0.145 e. The molecule has 0 spiro atoms. The zero-order valence-electron chi connectivity index (χ0n) is 17.9. The van der Waals surface area contributed by atoms with Crippen LogP contribution in [-0.2, 0) is 16.0 Å². The molecular formula is C23H30ClN5O2. The van der Waals surface area contributed by atoms with Crippen LogP contribution in [0.25, 0.3) is 11.3 Å². The van der Waals surface area contributed by atoms with Gasteiger partial charge < -0.3 is 15.4 Å². The topological polar surface area (TPSA) is 89.0 Å². The van der Waals surface area contributed by atoms with Gasteiger partial charge in [-0.2, -0.15) is 0 Å². The van der Waals surface area contributed by atoms with Gasteiger partial charge in [-0.25, -0.2) is 4.98 Å². The number of ether oxygens (including phenoxy) is 1. The largest absolute Gasteiger partial charge is 0.381 e. The van der Waals surface area contributed by atoms with E-state index in [2.05, 4.69) is 27.5 Å². The van der Waals surface area contributed by atoms with Gasteiger partial charge in [-0.05, 0) is 44.6 Å². The Morgan fingerprint density at radius 2 is 2.06 bits per heavy atom. The lowest BCUT2D eigenvalue weighted by molar-refractivity contribution is -0.122. The van der Waals surface area contributed by atoms with Crippen LogP contribution < -0.4 is 10.6 Å². The summed E-state index contributed by atoms with van der Waals surface area (Å²) in [6.07, 6.45) is 9.40. The van der Waals surface area contributed by atoms with E-state index in [1.54, 1.807) is 18.6 Å². The fraction of sp³-hybridized carbons (Fsp3) is 0.565. The number of ketones is 1. The fourth-order valence-electron chi connectivity index (χ4n) is 4.15. The standard InChI is InChI=1S/C23H30ClN5O2/c1-15-2-3-17(11-26-15)22(30)9-18-8-19(20(24)12-27-18)21-13-25-14-23(29-21)28-10-16-4-6-31-7-5-16/h8,12-17,26H,2-7,9-11H2,1H3,(H,28,29)/t15-,17+/m1/s1. The summed E-state index contributed by atoms with van der Waals surface area (Å²) in [7, 11) is 0. The minimum Gasteiger partial charge on any atom is -0.381 e. The van der Waals surface area contributed by atoms with E-state index in [-0.39, 0.29) is 11.7 Å². The highest BCUT2D eigenvalue weighted by Gasteiger charge is 2.24. The van der Waals surface area contributed by atoms with Crippen molar-refractivity contribution in [3.8, 4) is 11.3 Å². The molecule has 2 aliphatic heterocycles. The Kier molecular flexibility index (Phi) is 7.48. The zero-order valence-corrected chi connectivity index (χ0v) is 18.7. The summed E-state index contributed by atoms with van der Waals surface area (Å²) >= 11 is 6.42. The molecule has 0 bridgehead atoms. The van der Waals surface area contributed by atoms with Gasteiger partial charge in [0, 0.05) is 62.1 Å². The molecule has 2 saturated heterocycles. The number of piperidine rings is 1. The van der Waals surface area contributed by atoms with Gasteiger partial charge in [0.1, 0.15) is 11.6 Å². The Labute approximate surface area is 188 Å². The van der Waals surface area contributed by atoms with Gasteiger partial charge in [0.05, 0.1) is 23.1 Å². The van der Waals surface area contributed by atoms with Crippen LogP contribution in [0, 0.1) is 11.8 Å². The number of Topliss-reactive ketones (excluding diaryl/α,β-unsaturated/α-hetero) is 1. The molecule has 2 aliphatic rings. The highest BCUT2D eigenvalue weighted by molar-refractivity contribution is 6.33. The lowest BCUT2D eigenvalue weighted by atomic mass is 9.90. The van der Waals surface area contributed by atoms with Crippen molar-refractivity contribution < 1.29 is 9.53 Å². The Morgan fingerprint density at radius 3 is 2.84 bits per heavy atom.